The maximum atomic E-state index is 11.0. The molecule has 0 radical (unpaired) electrons. The van der Waals surface area contributed by atoms with Crippen LogP contribution in [-0.2, 0) is 24.1 Å². The number of carbonyl (C=O) groups excluding carboxylic acids is 1. The lowest BCUT2D eigenvalue weighted by molar-refractivity contribution is -0.118. The van der Waals surface area contributed by atoms with Gasteiger partial charge in [0.1, 0.15) is 5.76 Å². The highest BCUT2D eigenvalue weighted by Crippen LogP contribution is 2.20. The van der Waals surface area contributed by atoms with Crippen molar-refractivity contribution in [2.75, 3.05) is 19.6 Å². The molecule has 1 aliphatic rings. The number of rotatable bonds is 8. The molecule has 1 heterocycles. The Morgan fingerprint density at radius 1 is 1.14 bits per heavy atom. The number of aliphatic imine (C=N–C) groups is 1. The van der Waals surface area contributed by atoms with Crippen LogP contribution in [0.1, 0.15) is 36.7 Å². The fraction of sp³-hybridized carbons (Fsp3) is 0.455. The van der Waals surface area contributed by atoms with E-state index in [-0.39, 0.29) is 29.9 Å². The third-order valence-electron chi connectivity index (χ3n) is 4.91. The maximum Gasteiger partial charge on any atom is 0.216 e. The van der Waals surface area contributed by atoms with E-state index in [4.69, 9.17) is 9.41 Å². The number of amides is 1. The minimum atomic E-state index is -0.000211. The first-order valence-electron chi connectivity index (χ1n) is 10.1. The molecule has 0 saturated carbocycles. The fourth-order valence-corrected chi connectivity index (χ4v) is 3.46. The van der Waals surface area contributed by atoms with Gasteiger partial charge in [-0.2, -0.15) is 0 Å². The molecule has 1 atom stereocenters. The Labute approximate surface area is 190 Å². The van der Waals surface area contributed by atoms with Gasteiger partial charge in [0.2, 0.25) is 5.91 Å². The number of furan rings is 1. The van der Waals surface area contributed by atoms with Crippen LogP contribution in [-0.4, -0.2) is 37.5 Å². The maximum absolute atomic E-state index is 11.0. The van der Waals surface area contributed by atoms with Crippen molar-refractivity contribution < 1.29 is 9.21 Å². The summed E-state index contributed by atoms with van der Waals surface area (Å²) in [6.45, 7) is 3.61. The Balaban J connectivity index is 0.00000300. The molecule has 0 spiro atoms. The Bertz CT molecular complexity index is 777. The molecule has 1 aromatic heterocycles. The molecule has 1 aliphatic carbocycles. The van der Waals surface area contributed by atoms with Gasteiger partial charge in [-0.3, -0.25) is 9.79 Å². The molecular formula is C22H31IN4O2. The van der Waals surface area contributed by atoms with E-state index in [2.05, 4.69) is 40.2 Å². The van der Waals surface area contributed by atoms with Gasteiger partial charge in [0.15, 0.2) is 5.96 Å². The van der Waals surface area contributed by atoms with Gasteiger partial charge in [0.25, 0.3) is 0 Å². The predicted molar refractivity (Wildman–Crippen MR) is 127 cm³/mol. The van der Waals surface area contributed by atoms with E-state index in [1.54, 1.807) is 6.26 Å². The van der Waals surface area contributed by atoms with Crippen LogP contribution in [0.15, 0.2) is 52.1 Å². The van der Waals surface area contributed by atoms with Crippen molar-refractivity contribution in [3.05, 3.63) is 59.5 Å². The Kier molecular flexibility index (Phi) is 10.0. The molecule has 1 unspecified atom stereocenters. The molecule has 2 aromatic rings. The van der Waals surface area contributed by atoms with Gasteiger partial charge in [-0.05, 0) is 48.9 Å². The van der Waals surface area contributed by atoms with E-state index in [1.165, 1.54) is 18.1 Å². The van der Waals surface area contributed by atoms with E-state index < -0.39 is 0 Å². The second-order valence-corrected chi connectivity index (χ2v) is 7.18. The second kappa shape index (κ2) is 12.5. The molecule has 1 aromatic carbocycles. The molecule has 6 nitrogen and oxygen atoms in total. The van der Waals surface area contributed by atoms with E-state index in [0.29, 0.717) is 19.1 Å². The van der Waals surface area contributed by atoms with Crippen molar-refractivity contribution in [2.45, 2.75) is 45.1 Å². The summed E-state index contributed by atoms with van der Waals surface area (Å²) in [5.74, 6) is 1.79. The van der Waals surface area contributed by atoms with Crippen molar-refractivity contribution in [3.63, 3.8) is 0 Å². The van der Waals surface area contributed by atoms with Crippen LogP contribution >= 0.6 is 24.0 Å². The number of hydrogen-bond donors (Lipinski definition) is 3. The number of benzene rings is 1. The SMILES string of the molecule is CC(=O)NCCCN=C(NCCc1ccco1)NC1CCc2ccccc2C1.I. The van der Waals surface area contributed by atoms with Gasteiger partial charge in [0.05, 0.1) is 6.26 Å². The fourth-order valence-electron chi connectivity index (χ4n) is 3.46. The summed E-state index contributed by atoms with van der Waals surface area (Å²) in [6.07, 6.45) is 6.54. The molecule has 29 heavy (non-hydrogen) atoms. The van der Waals surface area contributed by atoms with E-state index in [1.807, 2.05) is 12.1 Å². The number of carbonyl (C=O) groups is 1. The second-order valence-electron chi connectivity index (χ2n) is 7.18. The zero-order valence-electron chi connectivity index (χ0n) is 16.9. The molecule has 0 bridgehead atoms. The van der Waals surface area contributed by atoms with Crippen molar-refractivity contribution >= 4 is 35.8 Å². The molecule has 158 valence electrons. The molecule has 0 aliphatic heterocycles. The molecule has 0 fully saturated rings. The minimum absolute atomic E-state index is 0. The van der Waals surface area contributed by atoms with E-state index in [9.17, 15) is 4.79 Å². The summed E-state index contributed by atoms with van der Waals surface area (Å²) in [7, 11) is 0. The summed E-state index contributed by atoms with van der Waals surface area (Å²) in [6, 6.07) is 12.9. The highest BCUT2D eigenvalue weighted by atomic mass is 127. The van der Waals surface area contributed by atoms with Gasteiger partial charge in [-0.1, -0.05) is 24.3 Å². The summed E-state index contributed by atoms with van der Waals surface area (Å²) in [5, 5.41) is 9.83. The first-order chi connectivity index (χ1) is 13.7. The number of nitrogens with zero attached hydrogens (tertiary/aromatic N) is 1. The Morgan fingerprint density at radius 3 is 2.72 bits per heavy atom. The normalized spacial score (nSPS) is 15.8. The molecule has 3 N–H and O–H groups in total. The summed E-state index contributed by atoms with van der Waals surface area (Å²) in [4.78, 5) is 15.7. The van der Waals surface area contributed by atoms with Crippen molar-refractivity contribution in [3.8, 4) is 0 Å². The zero-order valence-corrected chi connectivity index (χ0v) is 19.3. The van der Waals surface area contributed by atoms with E-state index in [0.717, 1.165) is 50.4 Å². The molecule has 1 amide bonds. The van der Waals surface area contributed by atoms with Gasteiger partial charge in [0, 0.05) is 39.0 Å². The Morgan fingerprint density at radius 2 is 1.97 bits per heavy atom. The van der Waals surface area contributed by atoms with Crippen LogP contribution in [0.3, 0.4) is 0 Å². The average molecular weight is 510 g/mol. The largest absolute Gasteiger partial charge is 0.469 e. The van der Waals surface area contributed by atoms with Crippen LogP contribution in [0.5, 0.6) is 0 Å². The lowest BCUT2D eigenvalue weighted by Gasteiger charge is -2.27. The number of nitrogens with one attached hydrogen (secondary N) is 3. The molecule has 7 heteroatoms. The van der Waals surface area contributed by atoms with Crippen molar-refractivity contribution in [2.24, 2.45) is 4.99 Å². The average Bonchev–Trinajstić information content (AvgIpc) is 3.20. The van der Waals surface area contributed by atoms with Gasteiger partial charge in [-0.25, -0.2) is 0 Å². The third kappa shape index (κ3) is 8.08. The van der Waals surface area contributed by atoms with Gasteiger partial charge in [-0.15, -0.1) is 24.0 Å². The third-order valence-corrected chi connectivity index (χ3v) is 4.91. The lowest BCUT2D eigenvalue weighted by atomic mass is 9.88. The number of halogens is 1. The van der Waals surface area contributed by atoms with Gasteiger partial charge < -0.3 is 20.4 Å². The monoisotopic (exact) mass is 510 g/mol. The zero-order chi connectivity index (χ0) is 19.6. The molecule has 0 saturated heterocycles. The van der Waals surface area contributed by atoms with Crippen LogP contribution < -0.4 is 16.0 Å². The van der Waals surface area contributed by atoms with Gasteiger partial charge >= 0.3 is 0 Å². The first-order valence-corrected chi connectivity index (χ1v) is 10.1. The topological polar surface area (TPSA) is 78.7 Å². The minimum Gasteiger partial charge on any atom is -0.469 e. The van der Waals surface area contributed by atoms with Crippen molar-refractivity contribution in [1.82, 2.24) is 16.0 Å². The van der Waals surface area contributed by atoms with Crippen LogP contribution in [0.4, 0.5) is 0 Å². The molecular weight excluding hydrogens is 479 g/mol. The highest BCUT2D eigenvalue weighted by Gasteiger charge is 2.19. The lowest BCUT2D eigenvalue weighted by Crippen LogP contribution is -2.46. The number of fused-ring (bicyclic) bond motifs is 1. The quantitative estimate of drug-likeness (QED) is 0.221. The van der Waals surface area contributed by atoms with Crippen molar-refractivity contribution in [1.29, 1.82) is 0 Å². The molecule has 3 rings (SSSR count). The highest BCUT2D eigenvalue weighted by molar-refractivity contribution is 14.0. The summed E-state index contributed by atoms with van der Waals surface area (Å²) >= 11 is 0. The Hall–Kier alpha value is -2.03. The summed E-state index contributed by atoms with van der Waals surface area (Å²) in [5.41, 5.74) is 2.88. The van der Waals surface area contributed by atoms with Crippen LogP contribution in [0.2, 0.25) is 0 Å². The standard InChI is InChI=1S/C22H30N4O2.HI/c1-17(27)23-12-5-13-24-22(25-14-11-21-8-4-15-28-21)26-20-10-9-18-6-2-3-7-19(18)16-20;/h2-4,6-8,15,20H,5,9-14,16H2,1H3,(H,23,27)(H2,24,25,26);1H. The number of hydrogen-bond acceptors (Lipinski definition) is 3. The predicted octanol–water partition coefficient (Wildman–Crippen LogP) is 3.06. The number of aryl methyl sites for hydroxylation is 1. The first kappa shape index (κ1) is 23.3. The smallest absolute Gasteiger partial charge is 0.216 e. The van der Waals surface area contributed by atoms with Crippen LogP contribution in [0.25, 0.3) is 0 Å². The van der Waals surface area contributed by atoms with Crippen LogP contribution in [0, 0.1) is 0 Å². The summed E-state index contributed by atoms with van der Waals surface area (Å²) < 4.78 is 5.40. The van der Waals surface area contributed by atoms with E-state index >= 15 is 0 Å². The number of guanidine groups is 1.